The van der Waals surface area contributed by atoms with Gasteiger partial charge >= 0.3 is 5.97 Å². The lowest BCUT2D eigenvalue weighted by molar-refractivity contribution is -0.149. The summed E-state index contributed by atoms with van der Waals surface area (Å²) in [6, 6.07) is 7.35. The summed E-state index contributed by atoms with van der Waals surface area (Å²) in [4.78, 5) is 26.0. The number of nitrogens with zero attached hydrogens (tertiary/aromatic N) is 1. The van der Waals surface area contributed by atoms with Crippen LogP contribution < -0.4 is 0 Å². The zero-order valence-electron chi connectivity index (χ0n) is 14.4. The molecule has 0 aliphatic carbocycles. The quantitative estimate of drug-likeness (QED) is 0.525. The number of halogens is 2. The van der Waals surface area contributed by atoms with E-state index in [2.05, 4.69) is 4.90 Å². The molecule has 2 rings (SSSR count). The van der Waals surface area contributed by atoms with Gasteiger partial charge in [0.25, 0.3) is 0 Å². The summed E-state index contributed by atoms with van der Waals surface area (Å²) in [7, 11) is 0. The highest BCUT2D eigenvalue weighted by Gasteiger charge is 2.26. The second-order valence-electron chi connectivity index (χ2n) is 5.99. The Morgan fingerprint density at radius 1 is 1.32 bits per heavy atom. The van der Waals surface area contributed by atoms with E-state index >= 15 is 0 Å². The van der Waals surface area contributed by atoms with Gasteiger partial charge in [-0.05, 0) is 50.1 Å². The molecule has 0 amide bonds. The van der Waals surface area contributed by atoms with E-state index in [1.807, 2.05) is 19.1 Å². The molecular weight excluding hydrogens is 361 g/mol. The Bertz CT molecular complexity index is 587. The first-order chi connectivity index (χ1) is 11.6. The van der Waals surface area contributed by atoms with E-state index in [9.17, 15) is 9.59 Å². The molecule has 1 atom stereocenters. The molecule has 1 saturated heterocycles. The summed E-state index contributed by atoms with van der Waals surface area (Å²) in [6.07, 6.45) is 5.71. The van der Waals surface area contributed by atoms with Crippen molar-refractivity contribution in [2.75, 3.05) is 26.2 Å². The van der Waals surface area contributed by atoms with Gasteiger partial charge in [0.2, 0.25) is 0 Å². The standard InChI is InChI=1S/C19H24ClNO3.ClH/c1-2-24-19(23)16-4-3-12-21(14-16)13-11-18(22)10-7-15-5-8-17(20)9-6-15;/h5-10,16H,2-4,11-14H2,1H3;1H/b10-7+;. The van der Waals surface area contributed by atoms with Gasteiger partial charge in [-0.2, -0.15) is 0 Å². The molecule has 1 aromatic carbocycles. The van der Waals surface area contributed by atoms with Gasteiger partial charge in [0.15, 0.2) is 5.78 Å². The number of ether oxygens (including phenoxy) is 1. The van der Waals surface area contributed by atoms with Crippen LogP contribution in [0.2, 0.25) is 5.02 Å². The molecule has 1 fully saturated rings. The summed E-state index contributed by atoms with van der Waals surface area (Å²) < 4.78 is 5.10. The molecule has 25 heavy (non-hydrogen) atoms. The maximum atomic E-state index is 12.0. The molecule has 4 nitrogen and oxygen atoms in total. The number of esters is 1. The first-order valence-corrected chi connectivity index (χ1v) is 8.81. The predicted octanol–water partition coefficient (Wildman–Crippen LogP) is 4.01. The van der Waals surface area contributed by atoms with Crippen molar-refractivity contribution in [2.45, 2.75) is 26.2 Å². The van der Waals surface area contributed by atoms with Crippen molar-refractivity contribution in [2.24, 2.45) is 5.92 Å². The smallest absolute Gasteiger partial charge is 0.310 e. The summed E-state index contributed by atoms with van der Waals surface area (Å²) in [5.74, 6) is -0.0854. The van der Waals surface area contributed by atoms with Crippen LogP contribution in [0.4, 0.5) is 0 Å². The second-order valence-corrected chi connectivity index (χ2v) is 6.43. The van der Waals surface area contributed by atoms with Gasteiger partial charge < -0.3 is 9.64 Å². The number of benzene rings is 1. The maximum absolute atomic E-state index is 12.0. The van der Waals surface area contributed by atoms with Gasteiger partial charge in [-0.25, -0.2) is 0 Å². The molecule has 1 unspecified atom stereocenters. The topological polar surface area (TPSA) is 46.6 Å². The van der Waals surface area contributed by atoms with Crippen LogP contribution in [-0.2, 0) is 14.3 Å². The summed E-state index contributed by atoms with van der Waals surface area (Å²) in [5.41, 5.74) is 0.952. The van der Waals surface area contributed by atoms with Gasteiger partial charge in [-0.3, -0.25) is 9.59 Å². The first-order valence-electron chi connectivity index (χ1n) is 8.44. The average molecular weight is 386 g/mol. The van der Waals surface area contributed by atoms with E-state index < -0.39 is 0 Å². The lowest BCUT2D eigenvalue weighted by atomic mass is 9.98. The number of hydrogen-bond donors (Lipinski definition) is 0. The number of rotatable bonds is 7. The summed E-state index contributed by atoms with van der Waals surface area (Å²) >= 11 is 5.83. The monoisotopic (exact) mass is 385 g/mol. The van der Waals surface area contributed by atoms with E-state index in [4.69, 9.17) is 16.3 Å². The molecule has 0 radical (unpaired) electrons. The molecule has 1 heterocycles. The van der Waals surface area contributed by atoms with E-state index in [1.165, 1.54) is 0 Å². The molecular formula is C19H25Cl2NO3. The highest BCUT2D eigenvalue weighted by atomic mass is 35.5. The van der Waals surface area contributed by atoms with Gasteiger partial charge in [0.05, 0.1) is 12.5 Å². The fraction of sp³-hybridized carbons (Fsp3) is 0.474. The Morgan fingerprint density at radius 2 is 2.04 bits per heavy atom. The van der Waals surface area contributed by atoms with Gasteiger partial charge in [-0.15, -0.1) is 12.4 Å². The molecule has 1 aromatic rings. The third-order valence-corrected chi connectivity index (χ3v) is 4.38. The Hall–Kier alpha value is -1.36. The van der Waals surface area contributed by atoms with Gasteiger partial charge in [0.1, 0.15) is 0 Å². The molecule has 0 bridgehead atoms. The van der Waals surface area contributed by atoms with E-state index in [-0.39, 0.29) is 30.1 Å². The zero-order valence-corrected chi connectivity index (χ0v) is 16.0. The average Bonchev–Trinajstić information content (AvgIpc) is 2.60. The Balaban J connectivity index is 0.00000312. The van der Waals surface area contributed by atoms with Crippen LogP contribution in [0.1, 0.15) is 31.7 Å². The van der Waals surface area contributed by atoms with Crippen molar-refractivity contribution in [3.63, 3.8) is 0 Å². The fourth-order valence-electron chi connectivity index (χ4n) is 2.83. The highest BCUT2D eigenvalue weighted by molar-refractivity contribution is 6.30. The Morgan fingerprint density at radius 3 is 2.72 bits per heavy atom. The highest BCUT2D eigenvalue weighted by Crippen LogP contribution is 2.18. The number of carbonyl (C=O) groups is 2. The van der Waals surface area contributed by atoms with Crippen molar-refractivity contribution < 1.29 is 14.3 Å². The number of piperidine rings is 1. The van der Waals surface area contributed by atoms with E-state index in [0.717, 1.165) is 24.9 Å². The van der Waals surface area contributed by atoms with E-state index in [0.29, 0.717) is 31.1 Å². The van der Waals surface area contributed by atoms with Gasteiger partial charge in [-0.1, -0.05) is 29.8 Å². The third-order valence-electron chi connectivity index (χ3n) is 4.13. The maximum Gasteiger partial charge on any atom is 0.310 e. The van der Waals surface area contributed by atoms with Crippen LogP contribution in [0.25, 0.3) is 6.08 Å². The Kier molecular flexibility index (Phi) is 9.79. The molecule has 1 aliphatic heterocycles. The summed E-state index contributed by atoms with van der Waals surface area (Å²) in [6.45, 7) is 4.55. The van der Waals surface area contributed by atoms with Crippen LogP contribution in [-0.4, -0.2) is 42.9 Å². The van der Waals surface area contributed by atoms with Crippen molar-refractivity contribution in [1.82, 2.24) is 4.90 Å². The van der Waals surface area contributed by atoms with Crippen molar-refractivity contribution in [3.05, 3.63) is 40.9 Å². The largest absolute Gasteiger partial charge is 0.466 e. The third kappa shape index (κ3) is 7.59. The predicted molar refractivity (Wildman–Crippen MR) is 103 cm³/mol. The zero-order chi connectivity index (χ0) is 17.4. The van der Waals surface area contributed by atoms with Crippen molar-refractivity contribution in [1.29, 1.82) is 0 Å². The minimum absolute atomic E-state index is 0. The number of carbonyl (C=O) groups excluding carboxylic acids is 2. The number of hydrogen-bond acceptors (Lipinski definition) is 4. The Labute approximate surface area is 160 Å². The van der Waals surface area contributed by atoms with Crippen LogP contribution in [0.15, 0.2) is 30.3 Å². The number of ketones is 1. The molecule has 138 valence electrons. The normalized spacial score (nSPS) is 17.9. The lowest BCUT2D eigenvalue weighted by Crippen LogP contribution is -2.40. The molecule has 6 heteroatoms. The van der Waals surface area contributed by atoms with Gasteiger partial charge in [0, 0.05) is 24.5 Å². The number of likely N-dealkylation sites (tertiary alicyclic amines) is 1. The molecule has 0 aromatic heterocycles. The van der Waals surface area contributed by atoms with Crippen LogP contribution in [0.3, 0.4) is 0 Å². The van der Waals surface area contributed by atoms with Crippen LogP contribution in [0, 0.1) is 5.92 Å². The van der Waals surface area contributed by atoms with Crippen LogP contribution >= 0.6 is 24.0 Å². The second kappa shape index (κ2) is 11.3. The summed E-state index contributed by atoms with van der Waals surface area (Å²) in [5, 5.41) is 0.680. The molecule has 1 aliphatic rings. The van der Waals surface area contributed by atoms with E-state index in [1.54, 1.807) is 24.3 Å². The lowest BCUT2D eigenvalue weighted by Gasteiger charge is -2.31. The SMILES string of the molecule is CCOC(=O)C1CCCN(CCC(=O)/C=C/c2ccc(Cl)cc2)C1.Cl. The molecule has 0 spiro atoms. The molecule has 0 saturated carbocycles. The van der Waals surface area contributed by atoms with Crippen LogP contribution in [0.5, 0.6) is 0 Å². The first kappa shape index (κ1) is 21.7. The fourth-order valence-corrected chi connectivity index (χ4v) is 2.95. The van der Waals surface area contributed by atoms with Crippen molar-refractivity contribution in [3.8, 4) is 0 Å². The number of allylic oxidation sites excluding steroid dienone is 1. The minimum atomic E-state index is -0.115. The minimum Gasteiger partial charge on any atom is -0.466 e. The molecule has 0 N–H and O–H groups in total. The van der Waals surface area contributed by atoms with Crippen molar-refractivity contribution >= 4 is 41.8 Å².